The van der Waals surface area contributed by atoms with Crippen LogP contribution in [0.15, 0.2) is 0 Å². The number of carbonyl (C=O) groups excluding carboxylic acids is 2. The first-order valence-corrected chi connectivity index (χ1v) is 7.92. The standard InChI is InChI=1S/C6H10N2O5S.C4H10N2O2/c9-6-7-3-1-2-5(4-7)8(6)13-14(10,11)12;1-4(5)2-8-6-3-7/h5H,1-4H2,(H,10,11,12);3-4H,2,5H2,1H3,(H,6,7). The zero-order chi connectivity index (χ0) is 16.8. The van der Waals surface area contributed by atoms with Crippen molar-refractivity contribution in [2.24, 2.45) is 5.73 Å². The summed E-state index contributed by atoms with van der Waals surface area (Å²) in [5.74, 6) is 0. The van der Waals surface area contributed by atoms with Gasteiger partial charge in [0.25, 0.3) is 0 Å². The minimum Gasteiger partial charge on any atom is -0.326 e. The van der Waals surface area contributed by atoms with Gasteiger partial charge in [0.1, 0.15) is 0 Å². The predicted octanol–water partition coefficient (Wildman–Crippen LogP) is -1.37. The Morgan fingerprint density at radius 3 is 2.77 bits per heavy atom. The van der Waals surface area contributed by atoms with Crippen molar-refractivity contribution in [2.75, 3.05) is 19.7 Å². The number of amides is 3. The Kier molecular flexibility index (Phi) is 6.96. The lowest BCUT2D eigenvalue weighted by Gasteiger charge is -2.20. The molecule has 2 rings (SSSR count). The van der Waals surface area contributed by atoms with E-state index in [-0.39, 0.29) is 12.1 Å². The molecule has 4 N–H and O–H groups in total. The molecule has 0 spiro atoms. The summed E-state index contributed by atoms with van der Waals surface area (Å²) in [4.78, 5) is 26.9. The first-order chi connectivity index (χ1) is 10.2. The van der Waals surface area contributed by atoms with Gasteiger partial charge in [-0.2, -0.15) is 13.5 Å². The molecule has 22 heavy (non-hydrogen) atoms. The summed E-state index contributed by atoms with van der Waals surface area (Å²) < 4.78 is 33.5. The van der Waals surface area contributed by atoms with E-state index in [9.17, 15) is 18.0 Å². The van der Waals surface area contributed by atoms with E-state index in [2.05, 4.69) is 9.12 Å². The molecule has 0 radical (unpaired) electrons. The van der Waals surface area contributed by atoms with Gasteiger partial charge in [-0.1, -0.05) is 0 Å². The molecule has 2 aliphatic heterocycles. The number of hydrogen-bond acceptors (Lipinski definition) is 7. The minimum atomic E-state index is -4.60. The van der Waals surface area contributed by atoms with E-state index in [0.717, 1.165) is 11.5 Å². The van der Waals surface area contributed by atoms with Crippen LogP contribution in [0.4, 0.5) is 4.79 Å². The molecule has 2 heterocycles. The fraction of sp³-hybridized carbons (Fsp3) is 0.800. The van der Waals surface area contributed by atoms with Crippen LogP contribution >= 0.6 is 0 Å². The average molecular weight is 340 g/mol. The lowest BCUT2D eigenvalue weighted by Crippen LogP contribution is -2.35. The van der Waals surface area contributed by atoms with Gasteiger partial charge in [-0.25, -0.2) is 10.3 Å². The maximum Gasteiger partial charge on any atom is 0.418 e. The number of nitrogens with zero attached hydrogens (tertiary/aromatic N) is 2. The number of carbonyl (C=O) groups is 2. The van der Waals surface area contributed by atoms with Crippen molar-refractivity contribution in [2.45, 2.75) is 31.8 Å². The van der Waals surface area contributed by atoms with Crippen LogP contribution in [0.3, 0.4) is 0 Å². The van der Waals surface area contributed by atoms with Crippen LogP contribution in [0.25, 0.3) is 0 Å². The van der Waals surface area contributed by atoms with Crippen molar-refractivity contribution in [3.8, 4) is 0 Å². The van der Waals surface area contributed by atoms with Crippen molar-refractivity contribution < 1.29 is 31.7 Å². The largest absolute Gasteiger partial charge is 0.418 e. The minimum absolute atomic E-state index is 0.0394. The second kappa shape index (κ2) is 8.24. The van der Waals surface area contributed by atoms with Gasteiger partial charge >= 0.3 is 16.4 Å². The number of piperidine rings is 1. The molecule has 128 valence electrons. The van der Waals surface area contributed by atoms with Crippen LogP contribution in [-0.2, 0) is 24.3 Å². The van der Waals surface area contributed by atoms with Crippen LogP contribution in [-0.4, -0.2) is 67.2 Å². The number of fused-ring (bicyclic) bond motifs is 2. The molecule has 0 aromatic carbocycles. The SMILES string of the molecule is CC(N)CONC=O.O=C1N2CCCC(C2)N1OS(=O)(=O)O. The lowest BCUT2D eigenvalue weighted by atomic mass is 10.1. The quantitative estimate of drug-likeness (QED) is 0.232. The van der Waals surface area contributed by atoms with E-state index in [1.54, 1.807) is 6.92 Å². The lowest BCUT2D eigenvalue weighted by molar-refractivity contribution is -0.120. The number of nitrogens with one attached hydrogen (secondary N) is 1. The van der Waals surface area contributed by atoms with Gasteiger partial charge in [-0.3, -0.25) is 14.2 Å². The molecule has 11 nitrogen and oxygen atoms in total. The van der Waals surface area contributed by atoms with Gasteiger partial charge in [0, 0.05) is 19.1 Å². The van der Waals surface area contributed by atoms with Crippen molar-refractivity contribution >= 4 is 22.8 Å². The number of hydrogen-bond donors (Lipinski definition) is 3. The maximum atomic E-state index is 11.4. The molecule has 2 aliphatic rings. The molecule has 2 unspecified atom stereocenters. The Hall–Kier alpha value is -1.47. The summed E-state index contributed by atoms with van der Waals surface area (Å²) in [6.45, 7) is 3.21. The molecular weight excluding hydrogens is 320 g/mol. The summed E-state index contributed by atoms with van der Waals surface area (Å²) in [5, 5.41) is 0.738. The van der Waals surface area contributed by atoms with Gasteiger partial charge in [-0.05, 0) is 19.8 Å². The molecule has 2 bridgehead atoms. The summed E-state index contributed by atoms with van der Waals surface area (Å²) in [7, 11) is -4.60. The fourth-order valence-corrected chi connectivity index (χ4v) is 2.41. The van der Waals surface area contributed by atoms with Gasteiger partial charge in [0.2, 0.25) is 6.41 Å². The summed E-state index contributed by atoms with van der Waals surface area (Å²) in [5.41, 5.74) is 7.27. The first kappa shape index (κ1) is 18.6. The summed E-state index contributed by atoms with van der Waals surface area (Å²) >= 11 is 0. The van der Waals surface area contributed by atoms with Gasteiger partial charge in [0.05, 0.1) is 12.6 Å². The molecule has 2 fully saturated rings. The Morgan fingerprint density at radius 1 is 1.59 bits per heavy atom. The highest BCUT2D eigenvalue weighted by Crippen LogP contribution is 2.25. The highest BCUT2D eigenvalue weighted by Gasteiger charge is 2.42. The Labute approximate surface area is 128 Å². The number of rotatable bonds is 6. The van der Waals surface area contributed by atoms with Crippen LogP contribution in [0.2, 0.25) is 0 Å². The molecule has 0 aromatic rings. The van der Waals surface area contributed by atoms with E-state index >= 15 is 0 Å². The van der Waals surface area contributed by atoms with E-state index in [0.29, 0.717) is 32.5 Å². The first-order valence-electron chi connectivity index (χ1n) is 6.56. The predicted molar refractivity (Wildman–Crippen MR) is 73.3 cm³/mol. The zero-order valence-electron chi connectivity index (χ0n) is 12.0. The van der Waals surface area contributed by atoms with Crippen molar-refractivity contribution in [1.29, 1.82) is 0 Å². The maximum absolute atomic E-state index is 11.4. The van der Waals surface area contributed by atoms with Crippen LogP contribution < -0.4 is 11.2 Å². The van der Waals surface area contributed by atoms with Crippen molar-refractivity contribution in [3.05, 3.63) is 0 Å². The highest BCUT2D eigenvalue weighted by molar-refractivity contribution is 7.80. The molecule has 0 saturated carbocycles. The number of nitrogens with two attached hydrogens (primary N) is 1. The third-order valence-corrected chi connectivity index (χ3v) is 3.19. The highest BCUT2D eigenvalue weighted by atomic mass is 32.3. The van der Waals surface area contributed by atoms with Crippen molar-refractivity contribution in [3.63, 3.8) is 0 Å². The molecule has 12 heteroatoms. The van der Waals surface area contributed by atoms with Crippen LogP contribution in [0, 0.1) is 0 Å². The van der Waals surface area contributed by atoms with E-state index in [4.69, 9.17) is 10.3 Å². The molecule has 0 aliphatic carbocycles. The van der Waals surface area contributed by atoms with Crippen LogP contribution in [0.1, 0.15) is 19.8 Å². The third-order valence-electron chi connectivity index (χ3n) is 2.84. The smallest absolute Gasteiger partial charge is 0.326 e. The fourth-order valence-electron chi connectivity index (χ4n) is 2.02. The van der Waals surface area contributed by atoms with Gasteiger partial charge in [0.15, 0.2) is 0 Å². The van der Waals surface area contributed by atoms with Gasteiger partial charge < -0.3 is 10.6 Å². The Morgan fingerprint density at radius 2 is 2.27 bits per heavy atom. The summed E-state index contributed by atoms with van der Waals surface area (Å²) in [6.07, 6.45) is 1.97. The number of hydroxylamine groups is 3. The molecule has 3 amide bonds. The zero-order valence-corrected chi connectivity index (χ0v) is 12.9. The monoisotopic (exact) mass is 340 g/mol. The van der Waals surface area contributed by atoms with Crippen LogP contribution in [0.5, 0.6) is 0 Å². The molecule has 2 atom stereocenters. The third kappa shape index (κ3) is 6.11. The molecule has 0 aromatic heterocycles. The van der Waals surface area contributed by atoms with E-state index < -0.39 is 16.4 Å². The second-order valence-electron chi connectivity index (χ2n) is 4.88. The normalized spacial score (nSPS) is 22.0. The van der Waals surface area contributed by atoms with Crippen molar-refractivity contribution in [1.82, 2.24) is 15.4 Å². The number of urea groups is 1. The van der Waals surface area contributed by atoms with E-state index in [1.807, 2.05) is 5.48 Å². The topological polar surface area (TPSA) is 151 Å². The second-order valence-corrected chi connectivity index (χ2v) is 5.88. The Bertz CT molecular complexity index is 484. The van der Waals surface area contributed by atoms with Gasteiger partial charge in [-0.15, -0.1) is 4.28 Å². The average Bonchev–Trinajstić information content (AvgIpc) is 2.62. The molecule has 2 saturated heterocycles. The summed E-state index contributed by atoms with van der Waals surface area (Å²) in [6, 6.07) is -0.800. The van der Waals surface area contributed by atoms with E-state index in [1.165, 1.54) is 4.90 Å². The Balaban J connectivity index is 0.000000261. The molecular formula is C10H20N4O7S.